The van der Waals surface area contributed by atoms with Crippen LogP contribution in [0, 0.1) is 5.92 Å². The van der Waals surface area contributed by atoms with Crippen molar-refractivity contribution in [3.63, 3.8) is 0 Å². The second kappa shape index (κ2) is 4.25. The Hall–Kier alpha value is -1.06. The largest absolute Gasteiger partial charge is 0.342 e. The lowest BCUT2D eigenvalue weighted by atomic mass is 9.81. The Morgan fingerprint density at radius 2 is 1.89 bits per heavy atom. The van der Waals surface area contributed by atoms with Gasteiger partial charge in [0.2, 0.25) is 11.8 Å². The molecule has 18 heavy (non-hydrogen) atoms. The summed E-state index contributed by atoms with van der Waals surface area (Å²) in [5.41, 5.74) is -0.567. The molecule has 2 aliphatic heterocycles. The second-order valence-electron chi connectivity index (χ2n) is 6.22. The van der Waals surface area contributed by atoms with Crippen LogP contribution in [-0.4, -0.2) is 34.8 Å². The highest BCUT2D eigenvalue weighted by Gasteiger charge is 2.53. The molecule has 0 radical (unpaired) electrons. The highest BCUT2D eigenvalue weighted by atomic mass is 16.2. The summed E-state index contributed by atoms with van der Waals surface area (Å²) in [5, 5.41) is 3.02. The number of nitrogens with zero attached hydrogens (tertiary/aromatic N) is 1. The zero-order valence-electron chi connectivity index (χ0n) is 11.1. The van der Waals surface area contributed by atoms with Gasteiger partial charge in [-0.15, -0.1) is 0 Å². The second-order valence-corrected chi connectivity index (χ2v) is 6.22. The summed E-state index contributed by atoms with van der Waals surface area (Å²) in [6, 6.07) is -0.246. The molecule has 0 bridgehead atoms. The van der Waals surface area contributed by atoms with E-state index in [1.807, 2.05) is 11.8 Å². The Labute approximate surface area is 108 Å². The van der Waals surface area contributed by atoms with Gasteiger partial charge < -0.3 is 10.2 Å². The molecule has 2 atom stereocenters. The summed E-state index contributed by atoms with van der Waals surface area (Å²) < 4.78 is 0. The molecule has 4 heteroatoms. The van der Waals surface area contributed by atoms with Crippen LogP contribution >= 0.6 is 0 Å². The average Bonchev–Trinajstić information content (AvgIpc) is 2.79. The van der Waals surface area contributed by atoms with E-state index in [0.29, 0.717) is 5.92 Å². The van der Waals surface area contributed by atoms with Gasteiger partial charge in [-0.1, -0.05) is 19.3 Å². The molecular weight excluding hydrogens is 228 g/mol. The molecule has 2 amide bonds. The molecule has 0 aromatic carbocycles. The summed E-state index contributed by atoms with van der Waals surface area (Å²) >= 11 is 0. The number of amides is 2. The summed E-state index contributed by atoms with van der Waals surface area (Å²) in [6.07, 6.45) is 7.59. The van der Waals surface area contributed by atoms with E-state index >= 15 is 0 Å². The van der Waals surface area contributed by atoms with E-state index in [0.717, 1.165) is 32.2 Å². The van der Waals surface area contributed by atoms with E-state index in [-0.39, 0.29) is 17.9 Å². The minimum atomic E-state index is -0.567. The number of fused-ring (bicyclic) bond motifs is 1. The van der Waals surface area contributed by atoms with Crippen molar-refractivity contribution in [2.75, 3.05) is 6.54 Å². The smallest absolute Gasteiger partial charge is 0.246 e. The molecule has 3 fully saturated rings. The zero-order valence-corrected chi connectivity index (χ0v) is 11.1. The maximum Gasteiger partial charge on any atom is 0.246 e. The number of carbonyl (C=O) groups is 2. The van der Waals surface area contributed by atoms with E-state index in [1.165, 1.54) is 19.3 Å². The summed E-state index contributed by atoms with van der Waals surface area (Å²) in [4.78, 5) is 26.7. The molecule has 0 unspecified atom stereocenters. The Morgan fingerprint density at radius 3 is 2.61 bits per heavy atom. The van der Waals surface area contributed by atoms with Gasteiger partial charge in [0, 0.05) is 6.54 Å². The number of hydrogen-bond donors (Lipinski definition) is 1. The lowest BCUT2D eigenvalue weighted by Crippen LogP contribution is -2.68. The molecule has 100 valence electrons. The number of carbonyl (C=O) groups excluding carboxylic acids is 2. The fraction of sp³-hybridized carbons (Fsp3) is 0.857. The van der Waals surface area contributed by atoms with Crippen LogP contribution < -0.4 is 5.32 Å². The zero-order chi connectivity index (χ0) is 12.8. The van der Waals surface area contributed by atoms with Gasteiger partial charge in [-0.05, 0) is 38.5 Å². The number of rotatable bonds is 1. The molecule has 0 aromatic rings. The van der Waals surface area contributed by atoms with Gasteiger partial charge in [-0.2, -0.15) is 0 Å². The molecule has 1 N–H and O–H groups in total. The molecule has 1 aliphatic carbocycles. The topological polar surface area (TPSA) is 49.4 Å². The summed E-state index contributed by atoms with van der Waals surface area (Å²) in [7, 11) is 0. The number of piperazine rings is 1. The van der Waals surface area contributed by atoms with Crippen LogP contribution in [0.1, 0.15) is 51.9 Å². The van der Waals surface area contributed by atoms with Crippen molar-refractivity contribution in [2.45, 2.75) is 63.5 Å². The maximum absolute atomic E-state index is 12.6. The molecule has 1 saturated carbocycles. The molecule has 0 spiro atoms. The van der Waals surface area contributed by atoms with E-state index in [1.54, 1.807) is 0 Å². The Balaban J connectivity index is 1.81. The summed E-state index contributed by atoms with van der Waals surface area (Å²) in [5.74, 6) is 0.594. The van der Waals surface area contributed by atoms with Crippen molar-refractivity contribution in [3.8, 4) is 0 Å². The molecule has 2 heterocycles. The molecule has 0 aromatic heterocycles. The molecular formula is C14H22N2O2. The SMILES string of the molecule is C[C@@]12CCCN1C(=O)[C@H](C1CCCCC1)NC2=O. The Kier molecular flexibility index (Phi) is 2.83. The van der Waals surface area contributed by atoms with Gasteiger partial charge in [0.25, 0.3) is 0 Å². The van der Waals surface area contributed by atoms with Crippen LogP contribution in [0.3, 0.4) is 0 Å². The van der Waals surface area contributed by atoms with Crippen molar-refractivity contribution in [1.29, 1.82) is 0 Å². The van der Waals surface area contributed by atoms with Crippen LogP contribution in [0.5, 0.6) is 0 Å². The van der Waals surface area contributed by atoms with E-state index in [2.05, 4.69) is 5.32 Å². The van der Waals surface area contributed by atoms with Gasteiger partial charge in [0.15, 0.2) is 0 Å². The van der Waals surface area contributed by atoms with Gasteiger partial charge in [0.05, 0.1) is 0 Å². The molecule has 4 nitrogen and oxygen atoms in total. The van der Waals surface area contributed by atoms with Crippen molar-refractivity contribution in [3.05, 3.63) is 0 Å². The highest BCUT2D eigenvalue weighted by Crippen LogP contribution is 2.36. The fourth-order valence-corrected chi connectivity index (χ4v) is 3.87. The van der Waals surface area contributed by atoms with Gasteiger partial charge in [-0.25, -0.2) is 0 Å². The lowest BCUT2D eigenvalue weighted by Gasteiger charge is -2.44. The van der Waals surface area contributed by atoms with Crippen LogP contribution in [0.15, 0.2) is 0 Å². The lowest BCUT2D eigenvalue weighted by molar-refractivity contribution is -0.155. The monoisotopic (exact) mass is 250 g/mol. The van der Waals surface area contributed by atoms with Crippen LogP contribution in [0.2, 0.25) is 0 Å². The molecule has 2 saturated heterocycles. The Bertz CT molecular complexity index is 376. The molecule has 3 aliphatic rings. The van der Waals surface area contributed by atoms with Gasteiger partial charge >= 0.3 is 0 Å². The van der Waals surface area contributed by atoms with E-state index in [9.17, 15) is 9.59 Å². The van der Waals surface area contributed by atoms with Gasteiger partial charge in [0.1, 0.15) is 11.6 Å². The standard InChI is InChI=1S/C14H22N2O2/c1-14-8-5-9-16(14)12(17)11(15-13(14)18)10-6-3-2-4-7-10/h10-11H,2-9H2,1H3,(H,15,18)/t11-,14-/m0/s1. The van der Waals surface area contributed by atoms with Crippen molar-refractivity contribution < 1.29 is 9.59 Å². The predicted molar refractivity (Wildman–Crippen MR) is 67.9 cm³/mol. The first-order valence-corrected chi connectivity index (χ1v) is 7.25. The van der Waals surface area contributed by atoms with Crippen molar-refractivity contribution in [2.24, 2.45) is 5.92 Å². The van der Waals surface area contributed by atoms with Crippen LogP contribution in [0.25, 0.3) is 0 Å². The Morgan fingerprint density at radius 1 is 1.17 bits per heavy atom. The first-order chi connectivity index (χ1) is 8.63. The first kappa shape index (κ1) is 12.0. The maximum atomic E-state index is 12.6. The third kappa shape index (κ3) is 1.65. The third-order valence-corrected chi connectivity index (χ3v) is 5.07. The van der Waals surface area contributed by atoms with Gasteiger partial charge in [-0.3, -0.25) is 9.59 Å². The minimum absolute atomic E-state index is 0.0650. The first-order valence-electron chi connectivity index (χ1n) is 7.25. The molecule has 3 rings (SSSR count). The van der Waals surface area contributed by atoms with E-state index in [4.69, 9.17) is 0 Å². The quantitative estimate of drug-likeness (QED) is 0.765. The van der Waals surface area contributed by atoms with Crippen molar-refractivity contribution >= 4 is 11.8 Å². The summed E-state index contributed by atoms with van der Waals surface area (Å²) in [6.45, 7) is 2.66. The average molecular weight is 250 g/mol. The third-order valence-electron chi connectivity index (χ3n) is 5.07. The van der Waals surface area contributed by atoms with Crippen molar-refractivity contribution in [1.82, 2.24) is 10.2 Å². The normalized spacial score (nSPS) is 37.6. The fourth-order valence-electron chi connectivity index (χ4n) is 3.87. The predicted octanol–water partition coefficient (Wildman–Crippen LogP) is 1.45. The minimum Gasteiger partial charge on any atom is -0.342 e. The number of hydrogen-bond acceptors (Lipinski definition) is 2. The van der Waals surface area contributed by atoms with Crippen LogP contribution in [-0.2, 0) is 9.59 Å². The van der Waals surface area contributed by atoms with Crippen LogP contribution in [0.4, 0.5) is 0 Å². The highest BCUT2D eigenvalue weighted by molar-refractivity contribution is 6.00. The van der Waals surface area contributed by atoms with E-state index < -0.39 is 5.54 Å². The number of nitrogens with one attached hydrogen (secondary N) is 1.